The lowest BCUT2D eigenvalue weighted by atomic mass is 10.1. The number of carbonyl (C=O) groups is 3. The van der Waals surface area contributed by atoms with E-state index in [1.165, 1.54) is 89.9 Å². The normalized spacial score (nSPS) is 19.5. The van der Waals surface area contributed by atoms with Gasteiger partial charge in [0.2, 0.25) is 17.7 Å². The molecule has 3 rings (SSSR count). The molecule has 0 spiro atoms. The van der Waals surface area contributed by atoms with Crippen molar-refractivity contribution in [2.45, 2.75) is 172 Å². The summed E-state index contributed by atoms with van der Waals surface area (Å²) in [5, 5.41) is 6.04. The fourth-order valence-electron chi connectivity index (χ4n) is 6.15. The summed E-state index contributed by atoms with van der Waals surface area (Å²) in [5.41, 5.74) is 0. The first kappa shape index (κ1) is 38.7. The summed E-state index contributed by atoms with van der Waals surface area (Å²) >= 11 is 0. The largest absolute Gasteiger partial charge is 0.373 e. The smallest absolute Gasteiger partial charge is 0.222 e. The van der Waals surface area contributed by atoms with Crippen molar-refractivity contribution in [1.82, 2.24) is 15.5 Å². The van der Waals surface area contributed by atoms with Crippen LogP contribution in [0.4, 0.5) is 0 Å². The van der Waals surface area contributed by atoms with Crippen LogP contribution < -0.4 is 10.6 Å². The van der Waals surface area contributed by atoms with Crippen LogP contribution in [0.5, 0.6) is 0 Å². The SMILES string of the molecule is O=C(CCCCCCCCC1CO1)NCCN(CCNC(=O)CCCCCCCCC1CO1)C(=O)CCCCCCCCC1CO1. The number of nitrogens with zero attached hydrogens (tertiary/aromatic N) is 1. The number of nitrogens with one attached hydrogen (secondary N) is 2. The van der Waals surface area contributed by atoms with Gasteiger partial charge in [-0.15, -0.1) is 0 Å². The fourth-order valence-corrected chi connectivity index (χ4v) is 6.15. The summed E-state index contributed by atoms with van der Waals surface area (Å²) in [4.78, 5) is 39.7. The molecule has 3 heterocycles. The van der Waals surface area contributed by atoms with Crippen LogP contribution in [-0.2, 0) is 28.6 Å². The molecule has 2 N–H and O–H groups in total. The number of rotatable bonds is 33. The van der Waals surface area contributed by atoms with Gasteiger partial charge < -0.3 is 29.7 Å². The summed E-state index contributed by atoms with van der Waals surface area (Å²) in [6.45, 7) is 4.74. The zero-order valence-corrected chi connectivity index (χ0v) is 29.0. The molecule has 0 aromatic carbocycles. The monoisotopic (exact) mass is 650 g/mol. The molecule has 3 fully saturated rings. The van der Waals surface area contributed by atoms with Gasteiger partial charge in [0.1, 0.15) is 0 Å². The van der Waals surface area contributed by atoms with E-state index >= 15 is 0 Å². The van der Waals surface area contributed by atoms with E-state index in [4.69, 9.17) is 14.2 Å². The highest BCUT2D eigenvalue weighted by Crippen LogP contribution is 2.20. The second-order valence-corrected chi connectivity index (χ2v) is 13.9. The highest BCUT2D eigenvalue weighted by Gasteiger charge is 2.22. The molecule has 266 valence electrons. The predicted octanol–water partition coefficient (Wildman–Crippen LogP) is 6.61. The Morgan fingerprint density at radius 1 is 0.457 bits per heavy atom. The van der Waals surface area contributed by atoms with Crippen LogP contribution in [0.1, 0.15) is 154 Å². The maximum atomic E-state index is 13.1. The number of unbranched alkanes of at least 4 members (excludes halogenated alkanes) is 15. The van der Waals surface area contributed by atoms with Gasteiger partial charge in [0.25, 0.3) is 0 Å². The van der Waals surface area contributed by atoms with Gasteiger partial charge in [0.15, 0.2) is 0 Å². The maximum Gasteiger partial charge on any atom is 0.222 e. The zero-order valence-electron chi connectivity index (χ0n) is 29.0. The fraction of sp³-hybridized carbons (Fsp3) is 0.919. The number of hydrogen-bond donors (Lipinski definition) is 2. The van der Waals surface area contributed by atoms with Crippen LogP contribution >= 0.6 is 0 Å². The van der Waals surface area contributed by atoms with Gasteiger partial charge in [-0.05, 0) is 38.5 Å². The lowest BCUT2D eigenvalue weighted by Crippen LogP contribution is -2.42. The van der Waals surface area contributed by atoms with Crippen molar-refractivity contribution in [2.24, 2.45) is 0 Å². The molecule has 0 aromatic heterocycles. The molecule has 3 unspecified atom stereocenters. The van der Waals surface area contributed by atoms with Crippen LogP contribution in [0, 0.1) is 0 Å². The van der Waals surface area contributed by atoms with Gasteiger partial charge in [0.05, 0.1) is 38.1 Å². The maximum absolute atomic E-state index is 13.1. The molecular formula is C37H67N3O6. The van der Waals surface area contributed by atoms with E-state index in [2.05, 4.69) is 10.6 Å². The standard InChI is InChI=1S/C37H67N3O6/c41-35(22-16-10-4-1-7-13-19-32-29-44-32)38-25-27-40(37(43)24-18-12-6-3-9-15-21-34-31-46-34)28-26-39-36(42)23-17-11-5-2-8-14-20-33-30-45-33/h32-34H,1-31H2,(H,38,41)(H,39,42). The lowest BCUT2D eigenvalue weighted by Gasteiger charge is -2.23. The summed E-state index contributed by atoms with van der Waals surface area (Å²) in [7, 11) is 0. The minimum absolute atomic E-state index is 0.0664. The Morgan fingerprint density at radius 3 is 1.11 bits per heavy atom. The minimum Gasteiger partial charge on any atom is -0.373 e. The minimum atomic E-state index is 0.0664. The van der Waals surface area contributed by atoms with Crippen molar-refractivity contribution < 1.29 is 28.6 Å². The highest BCUT2D eigenvalue weighted by molar-refractivity contribution is 5.78. The lowest BCUT2D eigenvalue weighted by molar-refractivity contribution is -0.132. The van der Waals surface area contributed by atoms with E-state index in [1.807, 2.05) is 4.90 Å². The van der Waals surface area contributed by atoms with Crippen LogP contribution in [0.15, 0.2) is 0 Å². The highest BCUT2D eigenvalue weighted by atomic mass is 16.6. The molecule has 0 saturated carbocycles. The molecule has 0 radical (unpaired) electrons. The molecule has 3 amide bonds. The number of hydrogen-bond acceptors (Lipinski definition) is 6. The topological polar surface area (TPSA) is 116 Å². The van der Waals surface area contributed by atoms with Gasteiger partial charge >= 0.3 is 0 Å². The molecule has 3 atom stereocenters. The predicted molar refractivity (Wildman–Crippen MR) is 183 cm³/mol. The Kier molecular flexibility index (Phi) is 21.3. The molecular weight excluding hydrogens is 582 g/mol. The Balaban J connectivity index is 1.21. The van der Waals surface area contributed by atoms with E-state index in [0.29, 0.717) is 63.8 Å². The van der Waals surface area contributed by atoms with E-state index in [-0.39, 0.29) is 17.7 Å². The summed E-state index contributed by atoms with van der Waals surface area (Å²) in [6.07, 6.45) is 27.4. The van der Waals surface area contributed by atoms with Gasteiger partial charge in [-0.25, -0.2) is 0 Å². The van der Waals surface area contributed by atoms with Gasteiger partial charge in [-0.1, -0.05) is 96.3 Å². The molecule has 3 aliphatic heterocycles. The van der Waals surface area contributed by atoms with E-state index in [1.54, 1.807) is 0 Å². The summed E-state index contributed by atoms with van der Waals surface area (Å²) < 4.78 is 15.8. The Morgan fingerprint density at radius 2 is 0.761 bits per heavy atom. The van der Waals surface area contributed by atoms with Crippen molar-refractivity contribution in [2.75, 3.05) is 46.0 Å². The number of amides is 3. The number of ether oxygens (including phenoxy) is 3. The van der Waals surface area contributed by atoms with E-state index < -0.39 is 0 Å². The van der Waals surface area contributed by atoms with Crippen LogP contribution in [0.3, 0.4) is 0 Å². The van der Waals surface area contributed by atoms with Crippen molar-refractivity contribution in [3.05, 3.63) is 0 Å². The molecule has 9 heteroatoms. The molecule has 3 aliphatic rings. The van der Waals surface area contributed by atoms with Crippen LogP contribution in [-0.4, -0.2) is 86.9 Å². The first-order valence-electron chi connectivity index (χ1n) is 19.3. The average molecular weight is 650 g/mol. The summed E-state index contributed by atoms with van der Waals surface area (Å²) in [6, 6.07) is 0. The number of epoxide rings is 3. The summed E-state index contributed by atoms with van der Waals surface area (Å²) in [5.74, 6) is 0.254. The molecule has 0 aromatic rings. The average Bonchev–Trinajstić information content (AvgIpc) is 3.89. The van der Waals surface area contributed by atoms with Crippen molar-refractivity contribution >= 4 is 17.7 Å². The zero-order chi connectivity index (χ0) is 32.5. The molecule has 0 aliphatic carbocycles. The van der Waals surface area contributed by atoms with E-state index in [9.17, 15) is 14.4 Å². The Hall–Kier alpha value is -1.71. The van der Waals surface area contributed by atoms with Gasteiger partial charge in [0, 0.05) is 45.4 Å². The Labute approximate surface area is 280 Å². The van der Waals surface area contributed by atoms with Crippen molar-refractivity contribution in [3.63, 3.8) is 0 Å². The second-order valence-electron chi connectivity index (χ2n) is 13.9. The number of carbonyl (C=O) groups excluding carboxylic acids is 3. The molecule has 3 saturated heterocycles. The van der Waals surface area contributed by atoms with Crippen LogP contribution in [0.2, 0.25) is 0 Å². The van der Waals surface area contributed by atoms with E-state index in [0.717, 1.165) is 64.8 Å². The Bertz CT molecular complexity index is 769. The van der Waals surface area contributed by atoms with Crippen molar-refractivity contribution in [3.8, 4) is 0 Å². The van der Waals surface area contributed by atoms with Crippen molar-refractivity contribution in [1.29, 1.82) is 0 Å². The van der Waals surface area contributed by atoms with Gasteiger partial charge in [-0.3, -0.25) is 14.4 Å². The molecule has 0 bridgehead atoms. The third-order valence-corrected chi connectivity index (χ3v) is 9.49. The third kappa shape index (κ3) is 22.8. The first-order chi connectivity index (χ1) is 22.6. The van der Waals surface area contributed by atoms with Crippen LogP contribution in [0.25, 0.3) is 0 Å². The quantitative estimate of drug-likeness (QED) is 0.0611. The van der Waals surface area contributed by atoms with Gasteiger partial charge in [-0.2, -0.15) is 0 Å². The molecule has 46 heavy (non-hydrogen) atoms. The first-order valence-corrected chi connectivity index (χ1v) is 19.3. The molecule has 9 nitrogen and oxygen atoms in total. The third-order valence-electron chi connectivity index (χ3n) is 9.49. The second kappa shape index (κ2) is 25.3.